The van der Waals surface area contributed by atoms with Gasteiger partial charge in [0.15, 0.2) is 0 Å². The number of carbonyl (C=O) groups is 2. The zero-order chi connectivity index (χ0) is 17.3. The fourth-order valence-electron chi connectivity index (χ4n) is 2.62. The van der Waals surface area contributed by atoms with Crippen LogP contribution >= 0.6 is 15.9 Å². The van der Waals surface area contributed by atoms with Crippen molar-refractivity contribution in [1.82, 2.24) is 4.57 Å². The van der Waals surface area contributed by atoms with Crippen LogP contribution in [-0.2, 0) is 4.74 Å². The first kappa shape index (κ1) is 16.3. The number of ether oxygens (including phenoxy) is 1. The Morgan fingerprint density at radius 1 is 1.17 bits per heavy atom. The standard InChI is InChI=1S/C18H15BrN2O3/c1-2-24-18(23)21-14-9-8-12(19)10-13(14)15(20)16(21)17(22)11-6-4-3-5-7-11/h3-10H,2,20H2,1H3. The molecule has 3 aromatic rings. The topological polar surface area (TPSA) is 74.3 Å². The second kappa shape index (κ2) is 6.49. The fraction of sp³-hybridized carbons (Fsp3) is 0.111. The van der Waals surface area contributed by atoms with Gasteiger partial charge in [0, 0.05) is 15.4 Å². The van der Waals surface area contributed by atoms with Gasteiger partial charge in [-0.15, -0.1) is 0 Å². The van der Waals surface area contributed by atoms with E-state index in [2.05, 4.69) is 15.9 Å². The second-order valence-electron chi connectivity index (χ2n) is 5.15. The first-order valence-electron chi connectivity index (χ1n) is 7.41. The Balaban J connectivity index is 2.29. The molecule has 1 aromatic heterocycles. The number of aromatic nitrogens is 1. The molecule has 0 aliphatic rings. The van der Waals surface area contributed by atoms with Crippen LogP contribution in [0.1, 0.15) is 23.0 Å². The maximum absolute atomic E-state index is 12.9. The van der Waals surface area contributed by atoms with E-state index in [0.717, 1.165) is 4.47 Å². The van der Waals surface area contributed by atoms with E-state index < -0.39 is 6.09 Å². The molecule has 0 fully saturated rings. The van der Waals surface area contributed by atoms with Crippen LogP contribution in [0.5, 0.6) is 0 Å². The highest BCUT2D eigenvalue weighted by Gasteiger charge is 2.26. The number of hydrogen-bond acceptors (Lipinski definition) is 4. The normalized spacial score (nSPS) is 10.8. The van der Waals surface area contributed by atoms with Crippen molar-refractivity contribution in [1.29, 1.82) is 0 Å². The van der Waals surface area contributed by atoms with Crippen molar-refractivity contribution in [3.63, 3.8) is 0 Å². The molecular weight excluding hydrogens is 372 g/mol. The minimum Gasteiger partial charge on any atom is -0.449 e. The number of halogens is 1. The maximum Gasteiger partial charge on any atom is 0.419 e. The van der Waals surface area contributed by atoms with E-state index in [4.69, 9.17) is 10.5 Å². The number of fused-ring (bicyclic) bond motifs is 1. The molecule has 3 rings (SSSR count). The summed E-state index contributed by atoms with van der Waals surface area (Å²) in [6.07, 6.45) is -0.624. The van der Waals surface area contributed by atoms with E-state index in [0.29, 0.717) is 16.5 Å². The summed E-state index contributed by atoms with van der Waals surface area (Å²) in [5, 5.41) is 0.622. The summed E-state index contributed by atoms with van der Waals surface area (Å²) < 4.78 is 7.16. The van der Waals surface area contributed by atoms with Crippen molar-refractivity contribution in [2.24, 2.45) is 0 Å². The average Bonchev–Trinajstić information content (AvgIpc) is 2.88. The van der Waals surface area contributed by atoms with Crippen molar-refractivity contribution in [2.45, 2.75) is 6.92 Å². The van der Waals surface area contributed by atoms with Gasteiger partial charge >= 0.3 is 6.09 Å². The third kappa shape index (κ3) is 2.69. The minimum atomic E-state index is -0.624. The predicted octanol–water partition coefficient (Wildman–Crippen LogP) is 4.22. The maximum atomic E-state index is 12.9. The largest absolute Gasteiger partial charge is 0.449 e. The van der Waals surface area contributed by atoms with Gasteiger partial charge in [0.1, 0.15) is 5.69 Å². The van der Waals surface area contributed by atoms with Gasteiger partial charge in [0.2, 0.25) is 5.78 Å². The Morgan fingerprint density at radius 2 is 1.88 bits per heavy atom. The molecule has 122 valence electrons. The van der Waals surface area contributed by atoms with Gasteiger partial charge in [0.25, 0.3) is 0 Å². The zero-order valence-corrected chi connectivity index (χ0v) is 14.5. The Morgan fingerprint density at radius 3 is 2.54 bits per heavy atom. The molecule has 0 saturated carbocycles. The minimum absolute atomic E-state index is 0.118. The van der Waals surface area contributed by atoms with Gasteiger partial charge in [-0.2, -0.15) is 0 Å². The lowest BCUT2D eigenvalue weighted by Crippen LogP contribution is -2.20. The number of rotatable bonds is 3. The predicted molar refractivity (Wildman–Crippen MR) is 96.3 cm³/mol. The smallest absolute Gasteiger partial charge is 0.419 e. The molecule has 0 aliphatic heterocycles. The lowest BCUT2D eigenvalue weighted by Gasteiger charge is -2.09. The molecule has 0 unspecified atom stereocenters. The van der Waals surface area contributed by atoms with E-state index in [9.17, 15) is 9.59 Å². The first-order chi connectivity index (χ1) is 11.5. The van der Waals surface area contributed by atoms with Crippen LogP contribution in [0.25, 0.3) is 10.9 Å². The Hall–Kier alpha value is -2.60. The molecule has 6 heteroatoms. The van der Waals surface area contributed by atoms with Crippen LogP contribution < -0.4 is 5.73 Å². The van der Waals surface area contributed by atoms with Crippen LogP contribution in [0.4, 0.5) is 10.5 Å². The molecule has 5 nitrogen and oxygen atoms in total. The molecule has 0 bridgehead atoms. The quantitative estimate of drug-likeness (QED) is 0.683. The lowest BCUT2D eigenvalue weighted by atomic mass is 10.1. The number of nitrogens with zero attached hydrogens (tertiary/aromatic N) is 1. The molecule has 0 spiro atoms. The van der Waals surface area contributed by atoms with Crippen LogP contribution in [0, 0.1) is 0 Å². The van der Waals surface area contributed by atoms with Gasteiger partial charge in [-0.1, -0.05) is 46.3 Å². The summed E-state index contributed by atoms with van der Waals surface area (Å²) in [6, 6.07) is 14.0. The molecule has 2 N–H and O–H groups in total. The summed E-state index contributed by atoms with van der Waals surface area (Å²) in [5.74, 6) is -0.325. The summed E-state index contributed by atoms with van der Waals surface area (Å²) >= 11 is 3.38. The SMILES string of the molecule is CCOC(=O)n1c(C(=O)c2ccccc2)c(N)c2cc(Br)ccc21. The van der Waals surface area contributed by atoms with Crippen LogP contribution in [0.2, 0.25) is 0 Å². The number of benzene rings is 2. The van der Waals surface area contributed by atoms with Crippen molar-refractivity contribution >= 4 is 44.4 Å². The zero-order valence-electron chi connectivity index (χ0n) is 13.0. The van der Waals surface area contributed by atoms with E-state index >= 15 is 0 Å². The van der Waals surface area contributed by atoms with E-state index in [1.807, 2.05) is 6.07 Å². The molecule has 0 radical (unpaired) electrons. The molecule has 0 saturated heterocycles. The van der Waals surface area contributed by atoms with Crippen LogP contribution in [0.3, 0.4) is 0 Å². The molecule has 1 heterocycles. The van der Waals surface area contributed by atoms with Crippen LogP contribution in [-0.4, -0.2) is 23.1 Å². The summed E-state index contributed by atoms with van der Waals surface area (Å²) in [5.41, 5.74) is 7.58. The van der Waals surface area contributed by atoms with E-state index in [-0.39, 0.29) is 23.8 Å². The van der Waals surface area contributed by atoms with Gasteiger partial charge in [-0.05, 0) is 25.1 Å². The number of ketones is 1. The Labute approximate surface area is 147 Å². The highest BCUT2D eigenvalue weighted by molar-refractivity contribution is 9.10. The molecule has 0 atom stereocenters. The summed E-state index contributed by atoms with van der Waals surface area (Å²) in [6.45, 7) is 1.91. The number of nitrogens with two attached hydrogens (primary N) is 1. The summed E-state index contributed by atoms with van der Waals surface area (Å²) in [4.78, 5) is 25.4. The van der Waals surface area contributed by atoms with Gasteiger partial charge in [-0.25, -0.2) is 9.36 Å². The monoisotopic (exact) mass is 386 g/mol. The van der Waals surface area contributed by atoms with Crippen LogP contribution in [0.15, 0.2) is 53.0 Å². The lowest BCUT2D eigenvalue weighted by molar-refractivity contribution is 0.102. The number of nitrogen functional groups attached to an aromatic ring is 1. The first-order valence-corrected chi connectivity index (χ1v) is 8.20. The van der Waals surface area contributed by atoms with Crippen molar-refractivity contribution < 1.29 is 14.3 Å². The van der Waals surface area contributed by atoms with Crippen molar-refractivity contribution in [3.8, 4) is 0 Å². The molecule has 0 amide bonds. The van der Waals surface area contributed by atoms with Crippen molar-refractivity contribution in [2.75, 3.05) is 12.3 Å². The Bertz CT molecular complexity index is 932. The van der Waals surface area contributed by atoms with Gasteiger partial charge < -0.3 is 10.5 Å². The third-order valence-corrected chi connectivity index (χ3v) is 4.16. The van der Waals surface area contributed by atoms with Crippen molar-refractivity contribution in [3.05, 3.63) is 64.3 Å². The molecular formula is C18H15BrN2O3. The van der Waals surface area contributed by atoms with Gasteiger partial charge in [0.05, 0.1) is 17.8 Å². The van der Waals surface area contributed by atoms with Gasteiger partial charge in [-0.3, -0.25) is 4.79 Å². The fourth-order valence-corrected chi connectivity index (χ4v) is 2.98. The summed E-state index contributed by atoms with van der Waals surface area (Å²) in [7, 11) is 0. The number of hydrogen-bond donors (Lipinski definition) is 1. The average molecular weight is 387 g/mol. The third-order valence-electron chi connectivity index (χ3n) is 3.67. The van der Waals surface area contributed by atoms with E-state index in [1.54, 1.807) is 49.4 Å². The second-order valence-corrected chi connectivity index (χ2v) is 6.07. The highest BCUT2D eigenvalue weighted by atomic mass is 79.9. The van der Waals surface area contributed by atoms with E-state index in [1.165, 1.54) is 4.57 Å². The Kier molecular flexibility index (Phi) is 4.40. The number of carbonyl (C=O) groups excluding carboxylic acids is 2. The number of anilines is 1. The molecule has 24 heavy (non-hydrogen) atoms. The molecule has 2 aromatic carbocycles. The highest BCUT2D eigenvalue weighted by Crippen LogP contribution is 2.32. The molecule has 0 aliphatic carbocycles.